The summed E-state index contributed by atoms with van der Waals surface area (Å²) in [6.45, 7) is 3.38. The molecule has 0 aliphatic carbocycles. The van der Waals surface area contributed by atoms with Gasteiger partial charge in [-0.05, 0) is 32.4 Å². The molecule has 0 radical (unpaired) electrons. The Balaban J connectivity index is 1.74. The van der Waals surface area contributed by atoms with Gasteiger partial charge in [-0.3, -0.25) is 29.4 Å². The number of urea groups is 1. The van der Waals surface area contributed by atoms with Crippen molar-refractivity contribution < 1.29 is 28.7 Å². The molecule has 0 saturated carbocycles. The Hall–Kier alpha value is -3.23. The van der Waals surface area contributed by atoms with Gasteiger partial charge in [-0.25, -0.2) is 4.79 Å². The molecule has 1 aliphatic rings. The molecule has 27 heavy (non-hydrogen) atoms. The fourth-order valence-corrected chi connectivity index (χ4v) is 2.57. The van der Waals surface area contributed by atoms with Crippen molar-refractivity contribution in [1.82, 2.24) is 15.5 Å². The van der Waals surface area contributed by atoms with Crippen LogP contribution in [0, 0.1) is 6.92 Å². The van der Waals surface area contributed by atoms with Crippen LogP contribution in [-0.4, -0.2) is 54.3 Å². The summed E-state index contributed by atoms with van der Waals surface area (Å²) in [5.74, 6) is -2.17. The Bertz CT molecular complexity index is 789. The first-order chi connectivity index (χ1) is 12.8. The molecule has 2 rings (SSSR count). The van der Waals surface area contributed by atoms with E-state index in [1.807, 2.05) is 12.2 Å². The standard InChI is InChI=1S/C18H21N3O6/c1-3-19-18(26)20-14(22)10-27-15(23)5-4-8-21-16(24)12-7-6-11(2)9-13(12)17(21)25/h6-7,9H,3-5,8,10H2,1-2H3,(H2,19,20,22,26). The Morgan fingerprint density at radius 1 is 1.11 bits per heavy atom. The molecule has 0 fully saturated rings. The number of benzene rings is 1. The second-order valence-electron chi connectivity index (χ2n) is 5.98. The molecule has 5 amide bonds. The number of nitrogens with zero attached hydrogens (tertiary/aromatic N) is 1. The van der Waals surface area contributed by atoms with Crippen LogP contribution < -0.4 is 10.6 Å². The zero-order valence-electron chi connectivity index (χ0n) is 15.2. The van der Waals surface area contributed by atoms with Gasteiger partial charge in [-0.2, -0.15) is 0 Å². The summed E-state index contributed by atoms with van der Waals surface area (Å²) in [7, 11) is 0. The van der Waals surface area contributed by atoms with Crippen molar-refractivity contribution in [2.45, 2.75) is 26.7 Å². The number of carbonyl (C=O) groups is 5. The fourth-order valence-electron chi connectivity index (χ4n) is 2.57. The topological polar surface area (TPSA) is 122 Å². The summed E-state index contributed by atoms with van der Waals surface area (Å²) in [5, 5.41) is 4.37. The normalized spacial score (nSPS) is 12.6. The van der Waals surface area contributed by atoms with Gasteiger partial charge < -0.3 is 10.1 Å². The van der Waals surface area contributed by atoms with Crippen LogP contribution in [-0.2, 0) is 14.3 Å². The average molecular weight is 375 g/mol. The van der Waals surface area contributed by atoms with Crippen LogP contribution in [0.4, 0.5) is 4.79 Å². The predicted molar refractivity (Wildman–Crippen MR) is 94.0 cm³/mol. The largest absolute Gasteiger partial charge is 0.456 e. The van der Waals surface area contributed by atoms with Crippen LogP contribution in [0.3, 0.4) is 0 Å². The minimum Gasteiger partial charge on any atom is -0.456 e. The highest BCUT2D eigenvalue weighted by atomic mass is 16.5. The van der Waals surface area contributed by atoms with Crippen LogP contribution >= 0.6 is 0 Å². The maximum Gasteiger partial charge on any atom is 0.321 e. The van der Waals surface area contributed by atoms with Gasteiger partial charge in [0.2, 0.25) is 0 Å². The van der Waals surface area contributed by atoms with Crippen molar-refractivity contribution in [3.05, 3.63) is 34.9 Å². The highest BCUT2D eigenvalue weighted by Gasteiger charge is 2.35. The van der Waals surface area contributed by atoms with Gasteiger partial charge in [0.1, 0.15) is 0 Å². The highest BCUT2D eigenvalue weighted by Crippen LogP contribution is 2.24. The first-order valence-electron chi connectivity index (χ1n) is 8.53. The van der Waals surface area contributed by atoms with Crippen LogP contribution in [0.25, 0.3) is 0 Å². The van der Waals surface area contributed by atoms with Crippen LogP contribution in [0.2, 0.25) is 0 Å². The van der Waals surface area contributed by atoms with Crippen molar-refractivity contribution in [2.75, 3.05) is 19.7 Å². The number of hydrogen-bond donors (Lipinski definition) is 2. The molecule has 1 heterocycles. The Kier molecular flexibility index (Phi) is 6.64. The van der Waals surface area contributed by atoms with Crippen LogP contribution in [0.1, 0.15) is 46.0 Å². The van der Waals surface area contributed by atoms with Gasteiger partial charge in [0, 0.05) is 19.5 Å². The molecule has 0 bridgehead atoms. The van der Waals surface area contributed by atoms with E-state index in [0.29, 0.717) is 17.7 Å². The summed E-state index contributed by atoms with van der Waals surface area (Å²) >= 11 is 0. The molecule has 144 valence electrons. The van der Waals surface area contributed by atoms with E-state index in [2.05, 4.69) is 5.32 Å². The number of amides is 5. The number of fused-ring (bicyclic) bond motifs is 1. The van der Waals surface area contributed by atoms with E-state index in [4.69, 9.17) is 4.74 Å². The van der Waals surface area contributed by atoms with E-state index >= 15 is 0 Å². The smallest absolute Gasteiger partial charge is 0.321 e. The lowest BCUT2D eigenvalue weighted by Crippen LogP contribution is -2.41. The average Bonchev–Trinajstić information content (AvgIpc) is 2.84. The third-order valence-corrected chi connectivity index (χ3v) is 3.84. The molecular formula is C18H21N3O6. The number of carbonyl (C=O) groups excluding carboxylic acids is 5. The first kappa shape index (κ1) is 20.1. The van der Waals surface area contributed by atoms with Gasteiger partial charge in [-0.1, -0.05) is 11.6 Å². The minimum atomic E-state index is -0.745. The van der Waals surface area contributed by atoms with Gasteiger partial charge in [-0.15, -0.1) is 0 Å². The Morgan fingerprint density at radius 3 is 2.52 bits per heavy atom. The monoisotopic (exact) mass is 375 g/mol. The van der Waals surface area contributed by atoms with Crippen molar-refractivity contribution in [2.24, 2.45) is 0 Å². The number of nitrogens with one attached hydrogen (secondary N) is 2. The number of imide groups is 2. The number of rotatable bonds is 7. The molecule has 9 heteroatoms. The first-order valence-corrected chi connectivity index (χ1v) is 8.53. The van der Waals surface area contributed by atoms with Gasteiger partial charge >= 0.3 is 12.0 Å². The maximum atomic E-state index is 12.3. The lowest BCUT2D eigenvalue weighted by molar-refractivity contribution is -0.148. The summed E-state index contributed by atoms with van der Waals surface area (Å²) < 4.78 is 4.76. The SMILES string of the molecule is CCNC(=O)NC(=O)COC(=O)CCCN1C(=O)c2ccc(C)cc2C1=O. The molecule has 0 atom stereocenters. The number of aryl methyl sites for hydroxylation is 1. The molecule has 1 aromatic carbocycles. The lowest BCUT2D eigenvalue weighted by Gasteiger charge is -2.13. The van der Waals surface area contributed by atoms with E-state index in [-0.39, 0.29) is 31.2 Å². The quantitative estimate of drug-likeness (QED) is 0.536. The lowest BCUT2D eigenvalue weighted by atomic mass is 10.1. The molecule has 1 aromatic rings. The van der Waals surface area contributed by atoms with E-state index in [0.717, 1.165) is 10.5 Å². The third-order valence-electron chi connectivity index (χ3n) is 3.84. The molecule has 0 spiro atoms. The summed E-state index contributed by atoms with van der Waals surface area (Å²) in [5.41, 5.74) is 1.60. The summed E-state index contributed by atoms with van der Waals surface area (Å²) in [6.07, 6.45) is 0.141. The Morgan fingerprint density at radius 2 is 1.81 bits per heavy atom. The second kappa shape index (κ2) is 8.93. The molecule has 2 N–H and O–H groups in total. The highest BCUT2D eigenvalue weighted by molar-refractivity contribution is 6.21. The summed E-state index contributed by atoms with van der Waals surface area (Å²) in [6, 6.07) is 4.37. The molecule has 0 saturated heterocycles. The zero-order chi connectivity index (χ0) is 20.0. The molecule has 1 aliphatic heterocycles. The van der Waals surface area contributed by atoms with Crippen molar-refractivity contribution in [1.29, 1.82) is 0 Å². The van der Waals surface area contributed by atoms with Crippen molar-refractivity contribution in [3.8, 4) is 0 Å². The fraction of sp³-hybridized carbons (Fsp3) is 0.389. The second-order valence-corrected chi connectivity index (χ2v) is 5.98. The molecular weight excluding hydrogens is 354 g/mol. The molecule has 9 nitrogen and oxygen atoms in total. The van der Waals surface area contributed by atoms with Crippen LogP contribution in [0.15, 0.2) is 18.2 Å². The number of hydrogen-bond acceptors (Lipinski definition) is 6. The van der Waals surface area contributed by atoms with Crippen molar-refractivity contribution in [3.63, 3.8) is 0 Å². The van der Waals surface area contributed by atoms with E-state index in [1.54, 1.807) is 25.1 Å². The maximum absolute atomic E-state index is 12.3. The van der Waals surface area contributed by atoms with E-state index in [9.17, 15) is 24.0 Å². The number of ether oxygens (including phenoxy) is 1. The van der Waals surface area contributed by atoms with E-state index in [1.165, 1.54) is 0 Å². The zero-order valence-corrected chi connectivity index (χ0v) is 15.2. The van der Waals surface area contributed by atoms with Gasteiger partial charge in [0.05, 0.1) is 11.1 Å². The summed E-state index contributed by atoms with van der Waals surface area (Å²) in [4.78, 5) is 59.9. The van der Waals surface area contributed by atoms with Gasteiger partial charge in [0.25, 0.3) is 17.7 Å². The van der Waals surface area contributed by atoms with Crippen LogP contribution in [0.5, 0.6) is 0 Å². The van der Waals surface area contributed by atoms with Crippen molar-refractivity contribution >= 4 is 29.7 Å². The predicted octanol–water partition coefficient (Wildman–Crippen LogP) is 0.760. The third kappa shape index (κ3) is 5.13. The van der Waals surface area contributed by atoms with Gasteiger partial charge in [0.15, 0.2) is 6.61 Å². The molecule has 0 unspecified atom stereocenters. The molecule has 0 aromatic heterocycles. The number of esters is 1. The minimum absolute atomic E-state index is 0.0686. The van der Waals surface area contributed by atoms with E-state index < -0.39 is 24.5 Å². The Labute approximate surface area is 156 Å².